The highest BCUT2D eigenvalue weighted by Gasteiger charge is 2.01. The zero-order chi connectivity index (χ0) is 11.4. The third kappa shape index (κ3) is 2.30. The third-order valence-electron chi connectivity index (χ3n) is 2.09. The SMILES string of the molecule is N#Cc1ccccc1NCc1csc(=O)[nH]1. The van der Waals surface area contributed by atoms with Crippen LogP contribution in [0.3, 0.4) is 0 Å². The molecule has 2 N–H and O–H groups in total. The van der Waals surface area contributed by atoms with E-state index >= 15 is 0 Å². The van der Waals surface area contributed by atoms with Crippen molar-refractivity contribution in [1.29, 1.82) is 5.26 Å². The minimum atomic E-state index is -0.0645. The van der Waals surface area contributed by atoms with Gasteiger partial charge in [0.2, 0.25) is 0 Å². The molecule has 0 aliphatic heterocycles. The molecule has 0 fully saturated rings. The summed E-state index contributed by atoms with van der Waals surface area (Å²) in [7, 11) is 0. The summed E-state index contributed by atoms with van der Waals surface area (Å²) in [6.45, 7) is 0.511. The van der Waals surface area contributed by atoms with E-state index in [1.54, 1.807) is 11.4 Å². The smallest absolute Gasteiger partial charge is 0.304 e. The van der Waals surface area contributed by atoms with Crippen LogP contribution in [0.5, 0.6) is 0 Å². The number of benzene rings is 1. The molecule has 5 heteroatoms. The van der Waals surface area contributed by atoms with Crippen LogP contribution in [0.15, 0.2) is 34.4 Å². The van der Waals surface area contributed by atoms with E-state index in [1.807, 2.05) is 18.2 Å². The molecule has 80 valence electrons. The second kappa shape index (κ2) is 4.64. The van der Waals surface area contributed by atoms with Crippen LogP contribution in [0.2, 0.25) is 0 Å². The predicted molar refractivity (Wildman–Crippen MR) is 63.4 cm³/mol. The number of aromatic amines is 1. The molecule has 0 radical (unpaired) electrons. The molecule has 16 heavy (non-hydrogen) atoms. The second-order valence-corrected chi connectivity index (χ2v) is 4.03. The molecule has 2 aromatic rings. The number of nitriles is 1. The van der Waals surface area contributed by atoms with Gasteiger partial charge in [-0.05, 0) is 12.1 Å². The largest absolute Gasteiger partial charge is 0.378 e. The van der Waals surface area contributed by atoms with Gasteiger partial charge in [0.25, 0.3) is 0 Å². The van der Waals surface area contributed by atoms with Crippen LogP contribution >= 0.6 is 11.3 Å². The summed E-state index contributed by atoms with van der Waals surface area (Å²) < 4.78 is 0. The number of rotatable bonds is 3. The monoisotopic (exact) mass is 231 g/mol. The van der Waals surface area contributed by atoms with Gasteiger partial charge in [0.05, 0.1) is 17.8 Å². The molecular formula is C11H9N3OS. The fourth-order valence-electron chi connectivity index (χ4n) is 1.33. The minimum Gasteiger partial charge on any atom is -0.378 e. The number of aromatic nitrogens is 1. The van der Waals surface area contributed by atoms with Gasteiger partial charge in [0.15, 0.2) is 0 Å². The van der Waals surface area contributed by atoms with Crippen molar-refractivity contribution < 1.29 is 0 Å². The molecule has 2 rings (SSSR count). The van der Waals surface area contributed by atoms with Crippen LogP contribution in [-0.4, -0.2) is 4.98 Å². The van der Waals surface area contributed by atoms with Crippen molar-refractivity contribution in [2.45, 2.75) is 6.54 Å². The van der Waals surface area contributed by atoms with Crippen LogP contribution in [0.25, 0.3) is 0 Å². The van der Waals surface area contributed by atoms with Gasteiger partial charge in [-0.15, -0.1) is 0 Å². The van der Waals surface area contributed by atoms with Crippen LogP contribution < -0.4 is 10.2 Å². The second-order valence-electron chi connectivity index (χ2n) is 3.18. The molecular weight excluding hydrogens is 222 g/mol. The number of hydrogen-bond acceptors (Lipinski definition) is 4. The lowest BCUT2D eigenvalue weighted by molar-refractivity contribution is 1.06. The lowest BCUT2D eigenvalue weighted by Crippen LogP contribution is -2.03. The number of thiazole rings is 1. The van der Waals surface area contributed by atoms with Crippen LogP contribution in [0.1, 0.15) is 11.3 Å². The molecule has 0 saturated carbocycles. The Labute approximate surface area is 96.2 Å². The van der Waals surface area contributed by atoms with E-state index < -0.39 is 0 Å². The summed E-state index contributed by atoms with van der Waals surface area (Å²) in [6, 6.07) is 9.37. The molecule has 4 nitrogen and oxygen atoms in total. The molecule has 0 aliphatic rings. The van der Waals surface area contributed by atoms with Crippen LogP contribution in [-0.2, 0) is 6.54 Å². The first kappa shape index (κ1) is 10.5. The molecule has 0 aliphatic carbocycles. The molecule has 0 bridgehead atoms. The Hall–Kier alpha value is -2.06. The van der Waals surface area contributed by atoms with Crippen molar-refractivity contribution >= 4 is 17.0 Å². The maximum absolute atomic E-state index is 10.9. The van der Waals surface area contributed by atoms with Crippen molar-refractivity contribution in [2.75, 3.05) is 5.32 Å². The van der Waals surface area contributed by atoms with Gasteiger partial charge in [0, 0.05) is 11.1 Å². The van der Waals surface area contributed by atoms with E-state index in [2.05, 4.69) is 16.4 Å². The summed E-state index contributed by atoms with van der Waals surface area (Å²) in [5.74, 6) is 0. The maximum atomic E-state index is 10.9. The fraction of sp³-hybridized carbons (Fsp3) is 0.0909. The third-order valence-corrected chi connectivity index (χ3v) is 2.81. The van der Waals surface area contributed by atoms with E-state index in [-0.39, 0.29) is 4.87 Å². The van der Waals surface area contributed by atoms with Crippen molar-refractivity contribution in [3.05, 3.63) is 50.6 Å². The average molecular weight is 231 g/mol. The predicted octanol–water partition coefficient (Wildman–Crippen LogP) is 1.92. The van der Waals surface area contributed by atoms with E-state index in [1.165, 1.54) is 0 Å². The summed E-state index contributed by atoms with van der Waals surface area (Å²) in [4.78, 5) is 13.5. The molecule has 0 saturated heterocycles. The average Bonchev–Trinajstić information content (AvgIpc) is 2.73. The van der Waals surface area contributed by atoms with E-state index in [0.717, 1.165) is 22.7 Å². The van der Waals surface area contributed by atoms with Gasteiger partial charge in [-0.25, -0.2) is 0 Å². The summed E-state index contributed by atoms with van der Waals surface area (Å²) in [5.41, 5.74) is 2.19. The lowest BCUT2D eigenvalue weighted by Gasteiger charge is -2.05. The quantitative estimate of drug-likeness (QED) is 0.848. The number of hydrogen-bond donors (Lipinski definition) is 2. The molecule has 0 spiro atoms. The van der Waals surface area contributed by atoms with Crippen molar-refractivity contribution in [3.63, 3.8) is 0 Å². The van der Waals surface area contributed by atoms with Gasteiger partial charge < -0.3 is 10.3 Å². The number of para-hydroxylation sites is 1. The number of anilines is 1. The van der Waals surface area contributed by atoms with Gasteiger partial charge in [0.1, 0.15) is 6.07 Å². The highest BCUT2D eigenvalue weighted by atomic mass is 32.1. The Morgan fingerprint density at radius 1 is 1.44 bits per heavy atom. The van der Waals surface area contributed by atoms with E-state index in [4.69, 9.17) is 5.26 Å². The van der Waals surface area contributed by atoms with E-state index in [0.29, 0.717) is 12.1 Å². The molecule has 1 aromatic carbocycles. The summed E-state index contributed by atoms with van der Waals surface area (Å²) >= 11 is 1.13. The fourth-order valence-corrected chi connectivity index (χ4v) is 1.91. The number of nitrogens with one attached hydrogen (secondary N) is 2. The van der Waals surface area contributed by atoms with E-state index in [9.17, 15) is 4.79 Å². The van der Waals surface area contributed by atoms with Gasteiger partial charge in [-0.2, -0.15) is 5.26 Å². The zero-order valence-corrected chi connectivity index (χ0v) is 9.17. The standard InChI is InChI=1S/C11H9N3OS/c12-5-8-3-1-2-4-10(8)13-6-9-7-16-11(15)14-9/h1-4,7,13H,6H2,(H,14,15). The first-order valence-corrected chi connectivity index (χ1v) is 5.57. The molecule has 1 heterocycles. The Bertz CT molecular complexity index is 579. The summed E-state index contributed by atoms with van der Waals surface area (Å²) in [5, 5.41) is 13.7. The highest BCUT2D eigenvalue weighted by molar-refractivity contribution is 7.07. The van der Waals surface area contributed by atoms with Crippen molar-refractivity contribution in [1.82, 2.24) is 4.98 Å². The highest BCUT2D eigenvalue weighted by Crippen LogP contribution is 2.14. The normalized spacial score (nSPS) is 9.69. The van der Waals surface area contributed by atoms with Crippen LogP contribution in [0.4, 0.5) is 5.69 Å². The van der Waals surface area contributed by atoms with Gasteiger partial charge >= 0.3 is 4.87 Å². The van der Waals surface area contributed by atoms with Crippen molar-refractivity contribution in [3.8, 4) is 6.07 Å². The molecule has 0 amide bonds. The zero-order valence-electron chi connectivity index (χ0n) is 8.36. The van der Waals surface area contributed by atoms with Crippen LogP contribution in [0, 0.1) is 11.3 Å². The first-order valence-electron chi connectivity index (χ1n) is 4.69. The molecule has 0 atom stereocenters. The Balaban J connectivity index is 2.11. The summed E-state index contributed by atoms with van der Waals surface area (Å²) in [6.07, 6.45) is 0. The van der Waals surface area contributed by atoms with Gasteiger partial charge in [-0.1, -0.05) is 23.5 Å². The maximum Gasteiger partial charge on any atom is 0.304 e. The van der Waals surface area contributed by atoms with Gasteiger partial charge in [-0.3, -0.25) is 4.79 Å². The Morgan fingerprint density at radius 3 is 2.94 bits per heavy atom. The van der Waals surface area contributed by atoms with Crippen molar-refractivity contribution in [2.24, 2.45) is 0 Å². The first-order chi connectivity index (χ1) is 7.79. The molecule has 0 unspecified atom stereocenters. The minimum absolute atomic E-state index is 0.0645. The Morgan fingerprint density at radius 2 is 2.25 bits per heavy atom. The lowest BCUT2D eigenvalue weighted by atomic mass is 10.2. The topological polar surface area (TPSA) is 68.7 Å². The number of nitrogens with zero attached hydrogens (tertiary/aromatic N) is 1. The Kier molecular flexibility index (Phi) is 3.03. The number of H-pyrrole nitrogens is 1. The molecule has 1 aromatic heterocycles.